The molecule has 0 fully saturated rings. The summed E-state index contributed by atoms with van der Waals surface area (Å²) in [4.78, 5) is 12.0. The van der Waals surface area contributed by atoms with Crippen molar-refractivity contribution in [1.29, 1.82) is 0 Å². The van der Waals surface area contributed by atoms with E-state index in [9.17, 15) is 21.6 Å². The molecule has 0 aliphatic rings. The van der Waals surface area contributed by atoms with Crippen molar-refractivity contribution in [2.45, 2.75) is 23.3 Å². The topological polar surface area (TPSA) is 123 Å². The number of hydrogen-bond acceptors (Lipinski definition) is 6. The summed E-state index contributed by atoms with van der Waals surface area (Å²) in [5, 5.41) is 2.67. The zero-order valence-electron chi connectivity index (χ0n) is 16.0. The predicted molar refractivity (Wildman–Crippen MR) is 111 cm³/mol. The number of benzene rings is 2. The van der Waals surface area contributed by atoms with Gasteiger partial charge in [-0.15, -0.1) is 0 Å². The van der Waals surface area contributed by atoms with E-state index >= 15 is 0 Å². The molecular weight excluding hydrogens is 428 g/mol. The summed E-state index contributed by atoms with van der Waals surface area (Å²) in [7, 11) is -7.21. The second kappa shape index (κ2) is 8.82. The molecule has 0 unspecified atom stereocenters. The van der Waals surface area contributed by atoms with E-state index < -0.39 is 19.9 Å². The number of carbonyl (C=O) groups excluding carboxylic acids is 1. The van der Waals surface area contributed by atoms with Crippen LogP contribution in [-0.2, 0) is 26.4 Å². The highest BCUT2D eigenvalue weighted by molar-refractivity contribution is 7.91. The molecule has 1 heterocycles. The number of nitrogens with one attached hydrogen (secondary N) is 2. The van der Waals surface area contributed by atoms with Crippen LogP contribution in [0.1, 0.15) is 23.0 Å². The molecule has 30 heavy (non-hydrogen) atoms. The van der Waals surface area contributed by atoms with Crippen molar-refractivity contribution in [1.82, 2.24) is 4.72 Å². The van der Waals surface area contributed by atoms with Crippen molar-refractivity contribution >= 4 is 31.5 Å². The van der Waals surface area contributed by atoms with E-state index in [0.717, 1.165) is 0 Å². The van der Waals surface area contributed by atoms with E-state index in [4.69, 9.17) is 4.42 Å². The van der Waals surface area contributed by atoms with Gasteiger partial charge in [0.2, 0.25) is 10.0 Å². The Bertz CT molecular complexity index is 1220. The fourth-order valence-corrected chi connectivity index (χ4v) is 4.46. The highest BCUT2D eigenvalue weighted by Crippen LogP contribution is 2.17. The number of hydrogen-bond donors (Lipinski definition) is 2. The molecule has 0 saturated carbocycles. The van der Waals surface area contributed by atoms with E-state index in [0.29, 0.717) is 11.3 Å². The Labute approximate surface area is 174 Å². The summed E-state index contributed by atoms with van der Waals surface area (Å²) in [6.07, 6.45) is 1.40. The van der Waals surface area contributed by atoms with Crippen LogP contribution < -0.4 is 10.0 Å². The van der Waals surface area contributed by atoms with Crippen molar-refractivity contribution in [3.05, 3.63) is 78.3 Å². The second-order valence-electron chi connectivity index (χ2n) is 6.33. The van der Waals surface area contributed by atoms with Crippen LogP contribution in [0.5, 0.6) is 0 Å². The first kappa shape index (κ1) is 21.8. The first-order valence-electron chi connectivity index (χ1n) is 8.97. The van der Waals surface area contributed by atoms with Crippen LogP contribution in [0.2, 0.25) is 0 Å². The average Bonchev–Trinajstić information content (AvgIpc) is 3.28. The minimum Gasteiger partial charge on any atom is -0.459 e. The normalized spacial score (nSPS) is 11.9. The number of anilines is 1. The third-order valence-electron chi connectivity index (χ3n) is 4.30. The van der Waals surface area contributed by atoms with E-state index in [2.05, 4.69) is 10.0 Å². The van der Waals surface area contributed by atoms with Gasteiger partial charge < -0.3 is 9.73 Å². The van der Waals surface area contributed by atoms with Gasteiger partial charge in [-0.25, -0.2) is 21.6 Å². The minimum atomic E-state index is -3.81. The largest absolute Gasteiger partial charge is 0.459 e. The van der Waals surface area contributed by atoms with Crippen LogP contribution >= 0.6 is 0 Å². The molecule has 2 aromatic carbocycles. The maximum Gasteiger partial charge on any atom is 0.291 e. The average molecular weight is 449 g/mol. The number of furan rings is 1. The molecule has 0 spiro atoms. The Morgan fingerprint density at radius 1 is 0.900 bits per heavy atom. The van der Waals surface area contributed by atoms with Gasteiger partial charge in [0.25, 0.3) is 5.91 Å². The monoisotopic (exact) mass is 448 g/mol. The third kappa shape index (κ3) is 5.15. The molecule has 0 aliphatic heterocycles. The first-order chi connectivity index (χ1) is 14.2. The summed E-state index contributed by atoms with van der Waals surface area (Å²) in [5.74, 6) is -0.262. The molecule has 3 rings (SSSR count). The molecule has 0 bridgehead atoms. The molecule has 2 N–H and O–H groups in total. The lowest BCUT2D eigenvalue weighted by Gasteiger charge is -2.09. The Morgan fingerprint density at radius 2 is 1.53 bits per heavy atom. The van der Waals surface area contributed by atoms with Gasteiger partial charge in [-0.2, -0.15) is 0 Å². The van der Waals surface area contributed by atoms with Gasteiger partial charge in [-0.3, -0.25) is 4.79 Å². The fourth-order valence-electron chi connectivity index (χ4n) is 2.56. The first-order valence-corrected chi connectivity index (χ1v) is 12.1. The maximum absolute atomic E-state index is 12.5. The highest BCUT2D eigenvalue weighted by atomic mass is 32.2. The minimum absolute atomic E-state index is 0.0279. The van der Waals surface area contributed by atoms with Crippen molar-refractivity contribution in [3.63, 3.8) is 0 Å². The fraction of sp³-hybridized carbons (Fsp3) is 0.150. The molecule has 158 valence electrons. The standard InChI is InChI=1S/C20H20N2O6S2/c1-2-29(24,25)17-9-11-18(12-10-17)30(26,27)21-14-15-5-7-16(8-6-15)22-20(23)19-4-3-13-28-19/h3-13,21H,2,14H2,1H3,(H,22,23). The SMILES string of the molecule is CCS(=O)(=O)c1ccc(S(=O)(=O)NCc2ccc(NC(=O)c3ccco3)cc2)cc1. The van der Waals surface area contributed by atoms with Crippen molar-refractivity contribution in [2.24, 2.45) is 0 Å². The lowest BCUT2D eigenvalue weighted by atomic mass is 10.2. The number of amides is 1. The molecule has 0 atom stereocenters. The van der Waals surface area contributed by atoms with Gasteiger partial charge in [0.05, 0.1) is 21.8 Å². The van der Waals surface area contributed by atoms with Crippen molar-refractivity contribution in [3.8, 4) is 0 Å². The number of carbonyl (C=O) groups is 1. The molecule has 10 heteroatoms. The predicted octanol–water partition coefficient (Wildman–Crippen LogP) is 2.80. The van der Waals surface area contributed by atoms with Crippen LogP contribution in [0, 0.1) is 0 Å². The Morgan fingerprint density at radius 3 is 2.10 bits per heavy atom. The van der Waals surface area contributed by atoms with E-state index in [1.807, 2.05) is 0 Å². The zero-order valence-corrected chi connectivity index (χ0v) is 17.7. The van der Waals surface area contributed by atoms with Gasteiger partial charge >= 0.3 is 0 Å². The highest BCUT2D eigenvalue weighted by Gasteiger charge is 2.17. The van der Waals surface area contributed by atoms with Gasteiger partial charge in [-0.1, -0.05) is 19.1 Å². The summed E-state index contributed by atoms with van der Waals surface area (Å²) in [6.45, 7) is 1.55. The van der Waals surface area contributed by atoms with Crippen molar-refractivity contribution < 1.29 is 26.0 Å². The van der Waals surface area contributed by atoms with E-state index in [1.165, 1.54) is 37.5 Å². The van der Waals surface area contributed by atoms with Crippen LogP contribution in [0.15, 0.2) is 81.1 Å². The zero-order chi connectivity index (χ0) is 21.8. The smallest absolute Gasteiger partial charge is 0.291 e. The molecular formula is C20H20N2O6S2. The van der Waals surface area contributed by atoms with Gasteiger partial charge in [0, 0.05) is 12.2 Å². The Kier molecular flexibility index (Phi) is 6.40. The Hall–Kier alpha value is -2.95. The van der Waals surface area contributed by atoms with Gasteiger partial charge in [0.15, 0.2) is 15.6 Å². The van der Waals surface area contributed by atoms with Crippen LogP contribution in [0.3, 0.4) is 0 Å². The molecule has 1 aromatic heterocycles. The molecule has 3 aromatic rings. The third-order valence-corrected chi connectivity index (χ3v) is 7.46. The molecule has 0 radical (unpaired) electrons. The molecule has 0 aliphatic carbocycles. The van der Waals surface area contributed by atoms with Crippen LogP contribution in [0.25, 0.3) is 0 Å². The molecule has 8 nitrogen and oxygen atoms in total. The molecule has 1 amide bonds. The second-order valence-corrected chi connectivity index (χ2v) is 10.4. The van der Waals surface area contributed by atoms with E-state index in [1.54, 1.807) is 36.4 Å². The number of sulfonamides is 1. The van der Waals surface area contributed by atoms with Gasteiger partial charge in [-0.05, 0) is 54.1 Å². The maximum atomic E-state index is 12.5. The lowest BCUT2D eigenvalue weighted by molar-refractivity contribution is 0.0996. The lowest BCUT2D eigenvalue weighted by Crippen LogP contribution is -2.23. The van der Waals surface area contributed by atoms with E-state index in [-0.39, 0.29) is 33.8 Å². The number of rotatable bonds is 8. The van der Waals surface area contributed by atoms with Crippen LogP contribution in [0.4, 0.5) is 5.69 Å². The summed E-state index contributed by atoms with van der Waals surface area (Å²) >= 11 is 0. The summed E-state index contributed by atoms with van der Waals surface area (Å²) in [5.41, 5.74) is 1.22. The Balaban J connectivity index is 1.62. The molecule has 0 saturated heterocycles. The van der Waals surface area contributed by atoms with Gasteiger partial charge in [0.1, 0.15) is 0 Å². The summed E-state index contributed by atoms with van der Waals surface area (Å²) < 4.78 is 56.1. The van der Waals surface area contributed by atoms with Crippen LogP contribution in [-0.4, -0.2) is 28.5 Å². The summed E-state index contributed by atoms with van der Waals surface area (Å²) in [6, 6.07) is 14.9. The number of sulfone groups is 1. The van der Waals surface area contributed by atoms with Crippen molar-refractivity contribution in [2.75, 3.05) is 11.1 Å². The quantitative estimate of drug-likeness (QED) is 0.546.